The Hall–Kier alpha value is -3.81. The fourth-order valence-electron chi connectivity index (χ4n) is 3.69. The van der Waals surface area contributed by atoms with Gasteiger partial charge < -0.3 is 24.8 Å². The predicted octanol–water partition coefficient (Wildman–Crippen LogP) is 4.41. The van der Waals surface area contributed by atoms with Gasteiger partial charge in [-0.1, -0.05) is 48.5 Å². The molecule has 180 valence electrons. The van der Waals surface area contributed by atoms with Crippen molar-refractivity contribution >= 4 is 12.0 Å². The Labute approximate surface area is 199 Å². The molecule has 2 amide bonds. The maximum absolute atomic E-state index is 12.9. The number of phenolic OH excluding ortho intramolecular Hbond substituents is 1. The number of aryl methyl sites for hydroxylation is 1. The number of benzene rings is 2. The second-order valence-electron chi connectivity index (χ2n) is 8.14. The summed E-state index contributed by atoms with van der Waals surface area (Å²) in [5, 5.41) is 21.3. The molecule has 0 atom stereocenters. The van der Waals surface area contributed by atoms with Gasteiger partial charge in [-0.05, 0) is 37.3 Å². The molecule has 0 spiro atoms. The summed E-state index contributed by atoms with van der Waals surface area (Å²) in [6, 6.07) is 15.3. The molecule has 8 heteroatoms. The van der Waals surface area contributed by atoms with E-state index in [0.717, 1.165) is 16.7 Å². The van der Waals surface area contributed by atoms with Crippen molar-refractivity contribution in [3.05, 3.63) is 71.7 Å². The number of amides is 2. The van der Waals surface area contributed by atoms with Gasteiger partial charge in [0, 0.05) is 38.0 Å². The third-order valence-corrected chi connectivity index (χ3v) is 5.63. The number of para-hydroxylation sites is 1. The Kier molecular flexibility index (Phi) is 9.08. The van der Waals surface area contributed by atoms with Crippen LogP contribution < -0.4 is 5.32 Å². The SMILES string of the molecule is Cc1cccc(CCN(CCc2ncc(-c3ccccc3)o2)C(=O)CCCCNC(=O)O)c1O. The first-order valence-corrected chi connectivity index (χ1v) is 11.5. The molecule has 3 rings (SSSR count). The van der Waals surface area contributed by atoms with E-state index in [-0.39, 0.29) is 11.7 Å². The molecular weight excluding hydrogens is 434 g/mol. The van der Waals surface area contributed by atoms with E-state index in [2.05, 4.69) is 10.3 Å². The number of aromatic hydroxyl groups is 1. The fourth-order valence-corrected chi connectivity index (χ4v) is 3.69. The summed E-state index contributed by atoms with van der Waals surface area (Å²) in [6.07, 6.45) is 3.12. The highest BCUT2D eigenvalue weighted by Crippen LogP contribution is 2.23. The van der Waals surface area contributed by atoms with Gasteiger partial charge in [-0.15, -0.1) is 0 Å². The number of carboxylic acid groups (broad SMARTS) is 1. The molecule has 0 radical (unpaired) electrons. The van der Waals surface area contributed by atoms with Crippen LogP contribution in [-0.4, -0.2) is 51.7 Å². The van der Waals surface area contributed by atoms with Gasteiger partial charge in [-0.25, -0.2) is 9.78 Å². The standard InChI is InChI=1S/C26H31N3O5/c1-19-8-7-11-21(25(19)31)13-16-29(24(30)12-5-6-15-27-26(32)33)17-14-23-28-18-22(34-23)20-9-3-2-4-10-20/h2-4,7-11,18,27,31H,5-6,12-17H2,1H3,(H,32,33). The number of nitrogens with zero attached hydrogens (tertiary/aromatic N) is 2. The molecule has 1 heterocycles. The molecule has 0 aliphatic rings. The summed E-state index contributed by atoms with van der Waals surface area (Å²) in [5.41, 5.74) is 2.54. The number of aromatic nitrogens is 1. The summed E-state index contributed by atoms with van der Waals surface area (Å²) in [7, 11) is 0. The van der Waals surface area contributed by atoms with Crippen LogP contribution in [0.2, 0.25) is 0 Å². The number of oxazole rings is 1. The van der Waals surface area contributed by atoms with Gasteiger partial charge >= 0.3 is 6.09 Å². The lowest BCUT2D eigenvalue weighted by Crippen LogP contribution is -2.34. The molecule has 0 saturated heterocycles. The van der Waals surface area contributed by atoms with Crippen LogP contribution in [0.3, 0.4) is 0 Å². The predicted molar refractivity (Wildman–Crippen MR) is 129 cm³/mol. The Morgan fingerprint density at radius 3 is 2.56 bits per heavy atom. The summed E-state index contributed by atoms with van der Waals surface area (Å²) in [5.74, 6) is 1.48. The highest BCUT2D eigenvalue weighted by Gasteiger charge is 2.16. The smallest absolute Gasteiger partial charge is 0.404 e. The van der Waals surface area contributed by atoms with Gasteiger partial charge in [-0.2, -0.15) is 0 Å². The number of carbonyl (C=O) groups excluding carboxylic acids is 1. The normalized spacial score (nSPS) is 10.7. The Morgan fingerprint density at radius 2 is 1.79 bits per heavy atom. The molecule has 3 aromatic rings. The monoisotopic (exact) mass is 465 g/mol. The highest BCUT2D eigenvalue weighted by atomic mass is 16.4. The van der Waals surface area contributed by atoms with E-state index < -0.39 is 6.09 Å². The quantitative estimate of drug-likeness (QED) is 0.341. The fraction of sp³-hybridized carbons (Fsp3) is 0.346. The van der Waals surface area contributed by atoms with Crippen molar-refractivity contribution in [2.45, 2.75) is 39.0 Å². The van der Waals surface area contributed by atoms with Crippen LogP contribution in [0.15, 0.2) is 59.1 Å². The van der Waals surface area contributed by atoms with E-state index in [4.69, 9.17) is 9.52 Å². The van der Waals surface area contributed by atoms with Crippen LogP contribution in [0.1, 0.15) is 36.3 Å². The third-order valence-electron chi connectivity index (χ3n) is 5.63. The van der Waals surface area contributed by atoms with E-state index in [0.29, 0.717) is 63.4 Å². The minimum absolute atomic E-state index is 0.0164. The van der Waals surface area contributed by atoms with Gasteiger partial charge in [-0.3, -0.25) is 4.79 Å². The first kappa shape index (κ1) is 24.8. The second-order valence-corrected chi connectivity index (χ2v) is 8.14. The summed E-state index contributed by atoms with van der Waals surface area (Å²) in [4.78, 5) is 29.6. The van der Waals surface area contributed by atoms with Crippen molar-refractivity contribution in [3.8, 4) is 17.1 Å². The number of hydrogen-bond donors (Lipinski definition) is 3. The molecule has 0 unspecified atom stereocenters. The maximum atomic E-state index is 12.9. The van der Waals surface area contributed by atoms with E-state index >= 15 is 0 Å². The highest BCUT2D eigenvalue weighted by molar-refractivity contribution is 5.76. The van der Waals surface area contributed by atoms with Crippen molar-refractivity contribution in [3.63, 3.8) is 0 Å². The zero-order chi connectivity index (χ0) is 24.3. The average molecular weight is 466 g/mol. The summed E-state index contributed by atoms with van der Waals surface area (Å²) < 4.78 is 5.88. The second kappa shape index (κ2) is 12.4. The first-order valence-electron chi connectivity index (χ1n) is 11.5. The lowest BCUT2D eigenvalue weighted by atomic mass is 10.1. The van der Waals surface area contributed by atoms with Crippen LogP contribution in [0.25, 0.3) is 11.3 Å². The number of rotatable bonds is 12. The summed E-state index contributed by atoms with van der Waals surface area (Å²) >= 11 is 0. The number of phenols is 1. The number of nitrogens with one attached hydrogen (secondary N) is 1. The molecule has 3 N–H and O–H groups in total. The summed E-state index contributed by atoms with van der Waals surface area (Å²) in [6.45, 7) is 3.06. The van der Waals surface area contributed by atoms with E-state index in [1.54, 1.807) is 11.1 Å². The van der Waals surface area contributed by atoms with Crippen LogP contribution in [-0.2, 0) is 17.6 Å². The molecular formula is C26H31N3O5. The number of carbonyl (C=O) groups is 2. The average Bonchev–Trinajstić information content (AvgIpc) is 3.30. The van der Waals surface area contributed by atoms with E-state index in [1.807, 2.05) is 55.5 Å². The van der Waals surface area contributed by atoms with Gasteiger partial charge in [0.15, 0.2) is 11.7 Å². The third kappa shape index (κ3) is 7.37. The molecule has 0 saturated carbocycles. The topological polar surface area (TPSA) is 116 Å². The van der Waals surface area contributed by atoms with Crippen molar-refractivity contribution < 1.29 is 24.2 Å². The minimum atomic E-state index is -1.06. The maximum Gasteiger partial charge on any atom is 0.404 e. The van der Waals surface area contributed by atoms with Gasteiger partial charge in [0.25, 0.3) is 0 Å². The van der Waals surface area contributed by atoms with Crippen LogP contribution in [0.4, 0.5) is 4.79 Å². The van der Waals surface area contributed by atoms with Crippen molar-refractivity contribution in [2.75, 3.05) is 19.6 Å². The van der Waals surface area contributed by atoms with Crippen molar-refractivity contribution in [2.24, 2.45) is 0 Å². The minimum Gasteiger partial charge on any atom is -0.507 e. The number of unbranched alkanes of at least 4 members (excludes halogenated alkanes) is 1. The van der Waals surface area contributed by atoms with Crippen molar-refractivity contribution in [1.82, 2.24) is 15.2 Å². The molecule has 0 aliphatic carbocycles. The first-order chi connectivity index (χ1) is 16.4. The molecule has 0 fully saturated rings. The lowest BCUT2D eigenvalue weighted by Gasteiger charge is -2.23. The Balaban J connectivity index is 1.60. The molecule has 0 aliphatic heterocycles. The Morgan fingerprint density at radius 1 is 1.03 bits per heavy atom. The zero-order valence-electron chi connectivity index (χ0n) is 19.4. The van der Waals surface area contributed by atoms with Gasteiger partial charge in [0.2, 0.25) is 5.91 Å². The Bertz CT molecular complexity index is 1080. The molecule has 8 nitrogen and oxygen atoms in total. The van der Waals surface area contributed by atoms with E-state index in [9.17, 15) is 14.7 Å². The van der Waals surface area contributed by atoms with Gasteiger partial charge in [0.1, 0.15) is 5.75 Å². The molecule has 1 aromatic heterocycles. The van der Waals surface area contributed by atoms with Crippen molar-refractivity contribution in [1.29, 1.82) is 0 Å². The molecule has 34 heavy (non-hydrogen) atoms. The molecule has 0 bridgehead atoms. The largest absolute Gasteiger partial charge is 0.507 e. The van der Waals surface area contributed by atoms with Crippen LogP contribution in [0.5, 0.6) is 5.75 Å². The van der Waals surface area contributed by atoms with E-state index in [1.165, 1.54) is 0 Å². The lowest BCUT2D eigenvalue weighted by molar-refractivity contribution is -0.131. The van der Waals surface area contributed by atoms with Crippen LogP contribution >= 0.6 is 0 Å². The van der Waals surface area contributed by atoms with Gasteiger partial charge in [0.05, 0.1) is 6.20 Å². The molecule has 2 aromatic carbocycles. The zero-order valence-corrected chi connectivity index (χ0v) is 19.4. The van der Waals surface area contributed by atoms with Crippen LogP contribution in [0, 0.1) is 6.92 Å². The number of hydrogen-bond acceptors (Lipinski definition) is 5.